The second-order valence-corrected chi connectivity index (χ2v) is 12.4. The highest BCUT2D eigenvalue weighted by Crippen LogP contribution is 2.64. The van der Waals surface area contributed by atoms with Crippen LogP contribution in [-0.2, 0) is 32.0 Å². The summed E-state index contributed by atoms with van der Waals surface area (Å²) in [6, 6.07) is 1.87. The summed E-state index contributed by atoms with van der Waals surface area (Å²) in [5.41, 5.74) is -3.06. The van der Waals surface area contributed by atoms with E-state index in [1.54, 1.807) is 46.8 Å². The molecule has 0 amide bonds. The van der Waals surface area contributed by atoms with E-state index in [0.29, 0.717) is 17.5 Å². The van der Waals surface area contributed by atoms with Gasteiger partial charge in [0, 0.05) is 16.9 Å². The van der Waals surface area contributed by atoms with Crippen molar-refractivity contribution in [3.05, 3.63) is 34.4 Å². The predicted molar refractivity (Wildman–Crippen MR) is 142 cm³/mol. The van der Waals surface area contributed by atoms with Crippen molar-refractivity contribution in [1.82, 2.24) is 0 Å². The summed E-state index contributed by atoms with van der Waals surface area (Å²) in [6.07, 6.45) is 5.26. The SMILES string of the molecule is CC=Cc1cc(CCC)c2c(c1O)C(=O)C1C(=O)[C@@]3(O)C(=O)C(C(C)=O)C(=O)C(C(C)C)[C@@]3(C)C[C@@]1(C)C2. The molecule has 0 radical (unpaired) electrons. The number of hydrogen-bond acceptors (Lipinski definition) is 7. The number of carbonyl (C=O) groups is 5. The third-order valence-electron chi connectivity index (χ3n) is 9.37. The molecule has 0 bridgehead atoms. The lowest BCUT2D eigenvalue weighted by Gasteiger charge is -2.62. The van der Waals surface area contributed by atoms with Crippen LogP contribution in [0.1, 0.15) is 88.4 Å². The quantitative estimate of drug-likeness (QED) is 0.558. The van der Waals surface area contributed by atoms with Crippen LogP contribution in [0.2, 0.25) is 0 Å². The van der Waals surface area contributed by atoms with Crippen molar-refractivity contribution in [2.24, 2.45) is 34.5 Å². The van der Waals surface area contributed by atoms with E-state index in [1.807, 2.05) is 13.0 Å². The fraction of sp³-hybridized carbons (Fsp3) is 0.581. The van der Waals surface area contributed by atoms with Gasteiger partial charge in [-0.15, -0.1) is 0 Å². The Kier molecular flexibility index (Phi) is 6.71. The van der Waals surface area contributed by atoms with Gasteiger partial charge in [0.1, 0.15) is 17.5 Å². The number of carbonyl (C=O) groups excluding carboxylic acids is 5. The standard InChI is InChI=1S/C31H38O7/c1-8-10-17-12-18(11-9-2)24(33)21-19(17)13-29(6)14-30(7)22(15(3)4)25(34)20(16(5)32)27(36)31(30,38)28(37)23(29)26(21)35/h9,11-12,15,20,22-23,33,38H,8,10,13-14H2,1-7H3/t20?,22?,23?,29-,30-,31+/m1/s1. The van der Waals surface area contributed by atoms with Gasteiger partial charge in [0.25, 0.3) is 0 Å². The molecule has 7 heteroatoms. The van der Waals surface area contributed by atoms with Gasteiger partial charge in [-0.1, -0.05) is 53.2 Å². The van der Waals surface area contributed by atoms with Gasteiger partial charge in [-0.3, -0.25) is 24.0 Å². The molecule has 7 nitrogen and oxygen atoms in total. The number of allylic oxidation sites excluding steroid dienone is 1. The third-order valence-corrected chi connectivity index (χ3v) is 9.37. The lowest BCUT2D eigenvalue weighted by atomic mass is 9.39. The predicted octanol–water partition coefficient (Wildman–Crippen LogP) is 4.08. The first-order chi connectivity index (χ1) is 17.6. The van der Waals surface area contributed by atoms with Crippen LogP contribution in [0.3, 0.4) is 0 Å². The minimum Gasteiger partial charge on any atom is -0.507 e. The monoisotopic (exact) mass is 522 g/mol. The smallest absolute Gasteiger partial charge is 0.190 e. The molecular weight excluding hydrogens is 484 g/mol. The van der Waals surface area contributed by atoms with E-state index in [4.69, 9.17) is 0 Å². The maximum absolute atomic E-state index is 14.3. The highest BCUT2D eigenvalue weighted by molar-refractivity contribution is 6.32. The van der Waals surface area contributed by atoms with Crippen molar-refractivity contribution in [3.63, 3.8) is 0 Å². The van der Waals surface area contributed by atoms with Gasteiger partial charge < -0.3 is 10.2 Å². The Morgan fingerprint density at radius 1 is 1.16 bits per heavy atom. The number of benzene rings is 1. The Hall–Kier alpha value is -2.93. The summed E-state index contributed by atoms with van der Waals surface area (Å²) in [6.45, 7) is 11.9. The molecular formula is C31H38O7. The number of fused-ring (bicyclic) bond motifs is 3. The van der Waals surface area contributed by atoms with Crippen LogP contribution >= 0.6 is 0 Å². The van der Waals surface area contributed by atoms with Crippen LogP contribution < -0.4 is 0 Å². The van der Waals surface area contributed by atoms with E-state index in [0.717, 1.165) is 18.9 Å². The summed E-state index contributed by atoms with van der Waals surface area (Å²) < 4.78 is 0. The number of aliphatic hydroxyl groups is 1. The number of aromatic hydroxyl groups is 1. The first-order valence-corrected chi connectivity index (χ1v) is 13.5. The van der Waals surface area contributed by atoms with Crippen molar-refractivity contribution < 1.29 is 34.2 Å². The highest BCUT2D eigenvalue weighted by Gasteiger charge is 2.76. The summed E-state index contributed by atoms with van der Waals surface area (Å²) >= 11 is 0. The van der Waals surface area contributed by atoms with Gasteiger partial charge in [0.15, 0.2) is 28.7 Å². The normalized spacial score (nSPS) is 34.9. The molecule has 0 heterocycles. The average Bonchev–Trinajstić information content (AvgIpc) is 2.79. The van der Waals surface area contributed by atoms with Gasteiger partial charge in [-0.05, 0) is 61.6 Å². The highest BCUT2D eigenvalue weighted by atomic mass is 16.3. The van der Waals surface area contributed by atoms with Gasteiger partial charge in [-0.2, -0.15) is 0 Å². The first kappa shape index (κ1) is 28.1. The zero-order chi connectivity index (χ0) is 28.5. The lowest BCUT2D eigenvalue weighted by molar-refractivity contribution is -0.205. The molecule has 38 heavy (non-hydrogen) atoms. The Balaban J connectivity index is 2.00. The maximum Gasteiger partial charge on any atom is 0.190 e. The Morgan fingerprint density at radius 2 is 1.79 bits per heavy atom. The van der Waals surface area contributed by atoms with Crippen molar-refractivity contribution >= 4 is 35.0 Å². The number of phenols is 1. The molecule has 3 aliphatic carbocycles. The van der Waals surface area contributed by atoms with Crippen LogP contribution in [0, 0.1) is 34.5 Å². The van der Waals surface area contributed by atoms with E-state index in [1.165, 1.54) is 0 Å². The Labute approximate surface area is 223 Å². The van der Waals surface area contributed by atoms with Crippen LogP contribution in [0.15, 0.2) is 12.1 Å². The molecule has 0 aliphatic heterocycles. The van der Waals surface area contributed by atoms with E-state index in [2.05, 4.69) is 0 Å². The van der Waals surface area contributed by atoms with Crippen molar-refractivity contribution in [2.75, 3.05) is 0 Å². The van der Waals surface area contributed by atoms with Gasteiger partial charge in [-0.25, -0.2) is 0 Å². The third kappa shape index (κ3) is 3.47. The lowest BCUT2D eigenvalue weighted by Crippen LogP contribution is -2.76. The Bertz CT molecular complexity index is 1300. The number of Topliss-reactive ketones (excluding diaryl/α,β-unsaturated/α-hetero) is 5. The molecule has 0 spiro atoms. The second kappa shape index (κ2) is 9.08. The number of rotatable bonds is 5. The fourth-order valence-electron chi connectivity index (χ4n) is 8.10. The van der Waals surface area contributed by atoms with Gasteiger partial charge in [0.2, 0.25) is 0 Å². The van der Waals surface area contributed by atoms with Gasteiger partial charge >= 0.3 is 0 Å². The molecule has 1 aromatic rings. The van der Waals surface area contributed by atoms with Crippen LogP contribution in [0.4, 0.5) is 0 Å². The maximum atomic E-state index is 14.3. The van der Waals surface area contributed by atoms with E-state index in [9.17, 15) is 34.2 Å². The number of ketones is 5. The van der Waals surface area contributed by atoms with Gasteiger partial charge in [0.05, 0.1) is 11.5 Å². The molecule has 2 fully saturated rings. The molecule has 3 unspecified atom stereocenters. The van der Waals surface area contributed by atoms with Crippen molar-refractivity contribution in [1.29, 1.82) is 0 Å². The first-order valence-electron chi connectivity index (χ1n) is 13.5. The molecule has 0 saturated heterocycles. The summed E-state index contributed by atoms with van der Waals surface area (Å²) in [5, 5.41) is 23.2. The van der Waals surface area contributed by atoms with E-state index < -0.39 is 63.1 Å². The average molecular weight is 523 g/mol. The van der Waals surface area contributed by atoms with E-state index >= 15 is 0 Å². The number of phenolic OH excluding ortho intramolecular Hbond substituents is 1. The molecule has 0 aromatic heterocycles. The summed E-state index contributed by atoms with van der Waals surface area (Å²) in [4.78, 5) is 68.2. The second-order valence-electron chi connectivity index (χ2n) is 12.4. The molecule has 204 valence electrons. The zero-order valence-electron chi connectivity index (χ0n) is 23.3. The molecule has 6 atom stereocenters. The number of aryl methyl sites for hydroxylation is 1. The van der Waals surface area contributed by atoms with Crippen LogP contribution in [0.25, 0.3) is 6.08 Å². The topological polar surface area (TPSA) is 126 Å². The molecule has 2 N–H and O–H groups in total. The van der Waals surface area contributed by atoms with Crippen LogP contribution in [0.5, 0.6) is 5.75 Å². The summed E-state index contributed by atoms with van der Waals surface area (Å²) in [5.74, 6) is -8.66. The minimum atomic E-state index is -2.67. The molecule has 4 rings (SSSR count). The number of hydrogen-bond donors (Lipinski definition) is 2. The fourth-order valence-corrected chi connectivity index (χ4v) is 8.10. The van der Waals surface area contributed by atoms with Crippen molar-refractivity contribution in [2.45, 2.75) is 79.8 Å². The molecule has 2 saturated carbocycles. The Morgan fingerprint density at radius 3 is 2.32 bits per heavy atom. The van der Waals surface area contributed by atoms with Crippen LogP contribution in [-0.4, -0.2) is 44.7 Å². The summed E-state index contributed by atoms with van der Waals surface area (Å²) in [7, 11) is 0. The minimum absolute atomic E-state index is 0.0615. The molecule has 1 aromatic carbocycles. The largest absolute Gasteiger partial charge is 0.507 e. The zero-order valence-corrected chi connectivity index (χ0v) is 23.3. The van der Waals surface area contributed by atoms with E-state index in [-0.39, 0.29) is 30.1 Å². The van der Waals surface area contributed by atoms with Crippen molar-refractivity contribution in [3.8, 4) is 5.75 Å². The molecule has 3 aliphatic rings.